The van der Waals surface area contributed by atoms with Crippen molar-refractivity contribution in [2.24, 2.45) is 5.92 Å². The van der Waals surface area contributed by atoms with E-state index in [0.717, 1.165) is 49.6 Å². The van der Waals surface area contributed by atoms with Crippen LogP contribution in [-0.4, -0.2) is 106 Å². The number of carboxylic acid groups (broad SMARTS) is 2. The van der Waals surface area contributed by atoms with Crippen LogP contribution < -0.4 is 9.62 Å². The van der Waals surface area contributed by atoms with Crippen molar-refractivity contribution in [1.29, 1.82) is 0 Å². The number of sulfone groups is 1. The summed E-state index contributed by atoms with van der Waals surface area (Å²) in [6.45, 7) is -1.08. The monoisotopic (exact) mass is 1140 g/mol. The van der Waals surface area contributed by atoms with Gasteiger partial charge in [0.2, 0.25) is 15.9 Å². The number of hydrogen-bond donors (Lipinski definition) is 3. The van der Waals surface area contributed by atoms with Crippen LogP contribution in [-0.2, 0) is 70.6 Å². The van der Waals surface area contributed by atoms with Gasteiger partial charge in [0.05, 0.1) is 40.5 Å². The second-order valence-electron chi connectivity index (χ2n) is 17.9. The number of sulfonamides is 1. The van der Waals surface area contributed by atoms with Gasteiger partial charge in [0.1, 0.15) is 40.9 Å². The van der Waals surface area contributed by atoms with Crippen LogP contribution in [0.5, 0.6) is 0 Å². The summed E-state index contributed by atoms with van der Waals surface area (Å²) in [5.74, 6) is -11.3. The van der Waals surface area contributed by atoms with Crippen LogP contribution in [0, 0.1) is 29.4 Å². The van der Waals surface area contributed by atoms with Gasteiger partial charge in [-0.05, 0) is 68.0 Å². The van der Waals surface area contributed by atoms with Crippen molar-refractivity contribution < 1.29 is 94.9 Å². The van der Waals surface area contributed by atoms with Crippen molar-refractivity contribution in [3.8, 4) is 23.0 Å². The molecule has 3 aromatic heterocycles. The van der Waals surface area contributed by atoms with E-state index in [1.807, 2.05) is 0 Å². The van der Waals surface area contributed by atoms with Crippen LogP contribution in [0.25, 0.3) is 22.0 Å². The van der Waals surface area contributed by atoms with E-state index in [0.29, 0.717) is 12.3 Å². The van der Waals surface area contributed by atoms with E-state index in [1.165, 1.54) is 13.8 Å². The molecule has 0 unspecified atom stereocenters. The first-order chi connectivity index (χ1) is 34.8. The topological polar surface area (TPSA) is 250 Å². The second kappa shape index (κ2) is 20.8. The molecule has 2 atom stereocenters. The Labute approximate surface area is 428 Å². The molecule has 2 aromatic carbocycles. The standard InChI is InChI=1S/C45H40ClF10N7O11S2/c1-21-18-43(49,50)37-32(21)36(45(54,55)56)59-61(37)19-31(64)58-30(16-22-14-23(47)17-24(48)15-22)34-26(7-6-25(57-34)10-12-42(2,3)75(4,70)71)27-8-9-29(46)33-35(27)62(20-44(51,52)53)60-38(33)63(76(5,72)73)41(69)74-13-11-28(39(65)66)40(67)68/h6-9,14-15,17,21,28,30H,11,13,16,18-20H2,1-5H3,(H,58,64)(H,65,66)(H,67,68)/t21-,30-/m0/s1. The number of pyridine rings is 1. The van der Waals surface area contributed by atoms with E-state index in [-0.39, 0.29) is 24.9 Å². The van der Waals surface area contributed by atoms with Gasteiger partial charge in [0, 0.05) is 41.9 Å². The Balaban J connectivity index is 1.63. The molecule has 3 heterocycles. The summed E-state index contributed by atoms with van der Waals surface area (Å²) in [6, 6.07) is 4.19. The van der Waals surface area contributed by atoms with E-state index in [1.54, 1.807) is 0 Å². The van der Waals surface area contributed by atoms with Crippen molar-refractivity contribution in [1.82, 2.24) is 29.9 Å². The number of nitrogens with one attached hydrogen (secondary N) is 1. The highest BCUT2D eigenvalue weighted by Crippen LogP contribution is 2.52. The molecule has 0 spiro atoms. The zero-order valence-corrected chi connectivity index (χ0v) is 42.1. The number of amides is 2. The number of ether oxygens (including phenoxy) is 1. The maximum absolute atomic E-state index is 15.4. The van der Waals surface area contributed by atoms with Gasteiger partial charge < -0.3 is 20.3 Å². The number of aromatic nitrogens is 5. The van der Waals surface area contributed by atoms with Gasteiger partial charge in [0.15, 0.2) is 27.3 Å². The third-order valence-electron chi connectivity index (χ3n) is 11.7. The maximum Gasteiger partial charge on any atom is 0.435 e. The minimum Gasteiger partial charge on any atom is -0.481 e. The quantitative estimate of drug-likeness (QED) is 0.0485. The average Bonchev–Trinajstić information content (AvgIpc) is 3.89. The average molecular weight is 1140 g/mol. The number of carbonyl (C=O) groups is 4. The normalized spacial score (nSPS) is 15.2. The molecule has 0 aliphatic heterocycles. The van der Waals surface area contributed by atoms with Gasteiger partial charge in [0.25, 0.3) is 5.92 Å². The molecule has 0 radical (unpaired) electrons. The molecule has 0 saturated carbocycles. The summed E-state index contributed by atoms with van der Waals surface area (Å²) in [7, 11) is -9.02. The predicted octanol–water partition coefficient (Wildman–Crippen LogP) is 7.76. The first-order valence-corrected chi connectivity index (χ1v) is 25.9. The molecule has 31 heteroatoms. The van der Waals surface area contributed by atoms with Gasteiger partial charge in [-0.1, -0.05) is 30.5 Å². The predicted molar refractivity (Wildman–Crippen MR) is 247 cm³/mol. The number of halogens is 11. The molecular weight excluding hydrogens is 1100 g/mol. The largest absolute Gasteiger partial charge is 0.481 e. The maximum atomic E-state index is 15.4. The first-order valence-electron chi connectivity index (χ1n) is 21.7. The Morgan fingerprint density at radius 3 is 2.09 bits per heavy atom. The number of carboxylic acids is 2. The molecule has 0 saturated heterocycles. The van der Waals surface area contributed by atoms with E-state index in [2.05, 4.69) is 32.3 Å². The number of rotatable bonds is 16. The van der Waals surface area contributed by atoms with Crippen molar-refractivity contribution in [3.63, 3.8) is 0 Å². The fraction of sp³-hybridized carbons (Fsp3) is 0.400. The van der Waals surface area contributed by atoms with Crippen LogP contribution in [0.1, 0.15) is 79.5 Å². The van der Waals surface area contributed by atoms with Crippen molar-refractivity contribution in [2.75, 3.05) is 23.4 Å². The van der Waals surface area contributed by atoms with Crippen molar-refractivity contribution in [2.45, 2.75) is 88.1 Å². The molecule has 6 rings (SSSR count). The molecule has 0 fully saturated rings. The van der Waals surface area contributed by atoms with Gasteiger partial charge in [-0.25, -0.2) is 35.4 Å². The van der Waals surface area contributed by atoms with Crippen molar-refractivity contribution in [3.05, 3.63) is 93.0 Å². The number of aliphatic carboxylic acids is 2. The fourth-order valence-corrected chi connectivity index (χ4v) is 9.34. The lowest BCUT2D eigenvalue weighted by Crippen LogP contribution is -2.38. The summed E-state index contributed by atoms with van der Waals surface area (Å²) < 4.78 is 202. The van der Waals surface area contributed by atoms with E-state index < -0.39 is 191 Å². The molecule has 5 aromatic rings. The Morgan fingerprint density at radius 1 is 0.934 bits per heavy atom. The summed E-state index contributed by atoms with van der Waals surface area (Å²) in [6.07, 6.45) is -14.1. The minimum atomic E-state index is -5.29. The molecule has 76 heavy (non-hydrogen) atoms. The van der Waals surface area contributed by atoms with Gasteiger partial charge >= 0.3 is 30.4 Å². The minimum absolute atomic E-state index is 0.120. The van der Waals surface area contributed by atoms with Crippen molar-refractivity contribution >= 4 is 72.1 Å². The molecule has 3 N–H and O–H groups in total. The highest BCUT2D eigenvalue weighted by Gasteiger charge is 2.53. The van der Waals surface area contributed by atoms with Crippen LogP contribution in [0.4, 0.5) is 54.5 Å². The van der Waals surface area contributed by atoms with E-state index in [9.17, 15) is 81.4 Å². The van der Waals surface area contributed by atoms with Gasteiger partial charge in [-0.2, -0.15) is 49.6 Å². The Bertz CT molecular complexity index is 3450. The number of anilines is 1. The summed E-state index contributed by atoms with van der Waals surface area (Å²) in [5.41, 5.74) is -6.75. The van der Waals surface area contributed by atoms with E-state index in [4.69, 9.17) is 16.3 Å². The van der Waals surface area contributed by atoms with Crippen LogP contribution in [0.15, 0.2) is 42.5 Å². The van der Waals surface area contributed by atoms with Crippen LogP contribution in [0.2, 0.25) is 5.02 Å². The number of fused-ring (bicyclic) bond motifs is 2. The smallest absolute Gasteiger partial charge is 0.435 e. The summed E-state index contributed by atoms with van der Waals surface area (Å²) >= 11 is 6.57. The molecule has 1 aliphatic carbocycles. The molecule has 2 amide bonds. The summed E-state index contributed by atoms with van der Waals surface area (Å²) in [4.78, 5) is 55.0. The molecule has 410 valence electrons. The molecule has 0 bridgehead atoms. The number of alkyl halides is 8. The Morgan fingerprint density at radius 2 is 1.54 bits per heavy atom. The highest BCUT2D eigenvalue weighted by molar-refractivity contribution is 7.93. The lowest BCUT2D eigenvalue weighted by molar-refractivity contribution is -0.155. The van der Waals surface area contributed by atoms with Crippen LogP contribution >= 0.6 is 11.6 Å². The first kappa shape index (κ1) is 58.3. The zero-order valence-electron chi connectivity index (χ0n) is 39.7. The van der Waals surface area contributed by atoms with Crippen LogP contribution in [0.3, 0.4) is 0 Å². The Hall–Kier alpha value is -7.00. The lowest BCUT2D eigenvalue weighted by atomic mass is 9.93. The number of nitrogens with zero attached hydrogens (tertiary/aromatic N) is 6. The van der Waals surface area contributed by atoms with Gasteiger partial charge in [-0.3, -0.25) is 23.7 Å². The molecular formula is C45H40ClF10N7O11S2. The zero-order chi connectivity index (χ0) is 57.0. The molecule has 18 nitrogen and oxygen atoms in total. The van der Waals surface area contributed by atoms with E-state index >= 15 is 8.78 Å². The van der Waals surface area contributed by atoms with Gasteiger partial charge in [-0.15, -0.1) is 0 Å². The SMILES string of the molecule is C[C@H]1CC(F)(F)c2c1c(C(F)(F)F)nn2CC(=O)N[C@@H](Cc1cc(F)cc(F)c1)c1nc(C#CC(C)(C)S(C)(=O)=O)ccc1-c1ccc(Cl)c2c(N(C(=O)OCCC(C(=O)O)C(=O)O)S(C)(=O)=O)nn(CC(F)(F)F)c12. The Kier molecular flexibility index (Phi) is 16.0. The number of hydrogen-bond acceptors (Lipinski definition) is 12. The third-order valence-corrected chi connectivity index (χ3v) is 14.9. The lowest BCUT2D eigenvalue weighted by Gasteiger charge is -2.23. The second-order valence-corrected chi connectivity index (χ2v) is 22.7. The number of carbonyl (C=O) groups excluding carboxylic acids is 2. The number of benzene rings is 2. The third kappa shape index (κ3) is 12.6. The summed E-state index contributed by atoms with van der Waals surface area (Å²) in [5, 5.41) is 26.6. The molecule has 1 aliphatic rings. The highest BCUT2D eigenvalue weighted by atomic mass is 35.5. The fourth-order valence-electron chi connectivity index (χ4n) is 8.10.